The minimum atomic E-state index is -0.958. The van der Waals surface area contributed by atoms with Crippen molar-refractivity contribution in [3.05, 3.63) is 58.1 Å². The van der Waals surface area contributed by atoms with Crippen molar-refractivity contribution in [1.82, 2.24) is 0 Å². The Bertz CT molecular complexity index is 689. The van der Waals surface area contributed by atoms with Crippen molar-refractivity contribution < 1.29 is 18.7 Å². The first-order valence-corrected chi connectivity index (χ1v) is 6.02. The van der Waals surface area contributed by atoms with Gasteiger partial charge in [-0.05, 0) is 30.7 Å². The Morgan fingerprint density at radius 3 is 2.55 bits per heavy atom. The summed E-state index contributed by atoms with van der Waals surface area (Å²) in [5.41, 5.74) is 0.0947. The van der Waals surface area contributed by atoms with Crippen LogP contribution in [-0.4, -0.2) is 11.0 Å². The van der Waals surface area contributed by atoms with Gasteiger partial charge in [0.05, 0.1) is 16.3 Å². The standard InChI is InChI=1S/C14H10ClF2NO2/c1-7-4-9(12(17)6-11(7)16)14(20)18-13-3-2-8(19)5-10(13)15/h2-6,19H,1H3,(H,18,20). The maximum absolute atomic E-state index is 13.6. The van der Waals surface area contributed by atoms with Gasteiger partial charge in [0.1, 0.15) is 17.4 Å². The van der Waals surface area contributed by atoms with Crippen LogP contribution in [0.5, 0.6) is 5.75 Å². The van der Waals surface area contributed by atoms with Crippen LogP contribution >= 0.6 is 11.6 Å². The van der Waals surface area contributed by atoms with E-state index in [4.69, 9.17) is 11.6 Å². The SMILES string of the molecule is Cc1cc(C(=O)Nc2ccc(O)cc2Cl)c(F)cc1F. The molecule has 6 heteroatoms. The van der Waals surface area contributed by atoms with Gasteiger partial charge in [-0.15, -0.1) is 0 Å². The molecular weight excluding hydrogens is 288 g/mol. The number of phenols is 1. The Hall–Kier alpha value is -2.14. The molecule has 0 aliphatic heterocycles. The maximum atomic E-state index is 13.6. The second-order valence-corrected chi connectivity index (χ2v) is 4.61. The third kappa shape index (κ3) is 2.88. The van der Waals surface area contributed by atoms with Crippen LogP contribution < -0.4 is 5.32 Å². The average Bonchev–Trinajstić information content (AvgIpc) is 2.37. The first-order chi connectivity index (χ1) is 9.38. The third-order valence-corrected chi connectivity index (χ3v) is 3.01. The molecule has 0 fully saturated rings. The molecule has 0 saturated heterocycles. The van der Waals surface area contributed by atoms with Crippen molar-refractivity contribution in [3.8, 4) is 5.75 Å². The van der Waals surface area contributed by atoms with E-state index in [1.54, 1.807) is 0 Å². The lowest BCUT2D eigenvalue weighted by atomic mass is 10.1. The van der Waals surface area contributed by atoms with E-state index in [-0.39, 0.29) is 27.6 Å². The number of nitrogens with one attached hydrogen (secondary N) is 1. The Kier molecular flexibility index (Phi) is 3.90. The minimum absolute atomic E-state index is 0.0585. The van der Waals surface area contributed by atoms with Crippen LogP contribution in [0.2, 0.25) is 5.02 Å². The van der Waals surface area contributed by atoms with E-state index in [2.05, 4.69) is 5.32 Å². The van der Waals surface area contributed by atoms with Crippen LogP contribution in [0.1, 0.15) is 15.9 Å². The van der Waals surface area contributed by atoms with Gasteiger partial charge in [-0.2, -0.15) is 0 Å². The predicted molar refractivity (Wildman–Crippen MR) is 72.2 cm³/mol. The molecule has 0 atom stereocenters. The van der Waals surface area contributed by atoms with Crippen molar-refractivity contribution in [2.75, 3.05) is 5.32 Å². The van der Waals surface area contributed by atoms with Crippen LogP contribution in [0.4, 0.5) is 14.5 Å². The van der Waals surface area contributed by atoms with E-state index in [9.17, 15) is 18.7 Å². The van der Waals surface area contributed by atoms with Crippen LogP contribution in [0, 0.1) is 18.6 Å². The summed E-state index contributed by atoms with van der Waals surface area (Å²) in [6, 6.07) is 5.72. The summed E-state index contributed by atoms with van der Waals surface area (Å²) in [7, 11) is 0. The molecule has 0 spiro atoms. The number of carbonyl (C=O) groups excluding carboxylic acids is 1. The fraction of sp³-hybridized carbons (Fsp3) is 0.0714. The van der Waals surface area contributed by atoms with Gasteiger partial charge in [-0.3, -0.25) is 4.79 Å². The number of halogens is 3. The van der Waals surface area contributed by atoms with Crippen molar-refractivity contribution in [2.45, 2.75) is 6.92 Å². The number of hydrogen-bond donors (Lipinski definition) is 2. The fourth-order valence-electron chi connectivity index (χ4n) is 1.63. The van der Waals surface area contributed by atoms with Gasteiger partial charge >= 0.3 is 0 Å². The van der Waals surface area contributed by atoms with Gasteiger partial charge in [0.2, 0.25) is 0 Å². The summed E-state index contributed by atoms with van der Waals surface area (Å²) in [4.78, 5) is 11.9. The van der Waals surface area contributed by atoms with Crippen molar-refractivity contribution in [3.63, 3.8) is 0 Å². The van der Waals surface area contributed by atoms with E-state index in [0.717, 1.165) is 6.07 Å². The lowest BCUT2D eigenvalue weighted by Crippen LogP contribution is -2.14. The third-order valence-electron chi connectivity index (χ3n) is 2.69. The largest absolute Gasteiger partial charge is 0.508 e. The van der Waals surface area contributed by atoms with Crippen LogP contribution in [0.15, 0.2) is 30.3 Å². The Morgan fingerprint density at radius 1 is 1.20 bits per heavy atom. The van der Waals surface area contributed by atoms with E-state index < -0.39 is 17.5 Å². The van der Waals surface area contributed by atoms with E-state index in [1.165, 1.54) is 25.1 Å². The highest BCUT2D eigenvalue weighted by Crippen LogP contribution is 2.26. The molecule has 2 aromatic rings. The topological polar surface area (TPSA) is 49.3 Å². The highest BCUT2D eigenvalue weighted by molar-refractivity contribution is 6.34. The van der Waals surface area contributed by atoms with E-state index in [0.29, 0.717) is 6.07 Å². The molecule has 2 N–H and O–H groups in total. The molecule has 0 saturated carbocycles. The molecule has 0 radical (unpaired) electrons. The molecule has 0 aromatic heterocycles. The second-order valence-electron chi connectivity index (χ2n) is 4.20. The maximum Gasteiger partial charge on any atom is 0.258 e. The first-order valence-electron chi connectivity index (χ1n) is 5.64. The number of rotatable bonds is 2. The molecule has 0 aliphatic rings. The number of phenolic OH excluding ortho intramolecular Hbond substituents is 1. The number of aromatic hydroxyl groups is 1. The van der Waals surface area contributed by atoms with Gasteiger partial charge in [0.25, 0.3) is 5.91 Å². The number of hydrogen-bond acceptors (Lipinski definition) is 2. The van der Waals surface area contributed by atoms with Crippen LogP contribution in [-0.2, 0) is 0 Å². The average molecular weight is 298 g/mol. The van der Waals surface area contributed by atoms with E-state index in [1.807, 2.05) is 0 Å². The summed E-state index contributed by atoms with van der Waals surface area (Å²) in [5.74, 6) is -2.49. The van der Waals surface area contributed by atoms with Crippen LogP contribution in [0.3, 0.4) is 0 Å². The zero-order valence-electron chi connectivity index (χ0n) is 10.4. The lowest BCUT2D eigenvalue weighted by molar-refractivity contribution is 0.102. The summed E-state index contributed by atoms with van der Waals surface area (Å²) < 4.78 is 26.7. The van der Waals surface area contributed by atoms with Crippen molar-refractivity contribution >= 4 is 23.2 Å². The minimum Gasteiger partial charge on any atom is -0.508 e. The molecule has 104 valence electrons. The zero-order chi connectivity index (χ0) is 14.9. The number of benzene rings is 2. The Morgan fingerprint density at radius 2 is 1.90 bits per heavy atom. The molecule has 20 heavy (non-hydrogen) atoms. The molecule has 1 amide bonds. The summed E-state index contributed by atoms with van der Waals surface area (Å²) in [6.45, 7) is 1.43. The highest BCUT2D eigenvalue weighted by Gasteiger charge is 2.15. The monoisotopic (exact) mass is 297 g/mol. The number of carbonyl (C=O) groups is 1. The molecule has 0 aliphatic carbocycles. The summed E-state index contributed by atoms with van der Waals surface area (Å²) in [5, 5.41) is 11.7. The quantitative estimate of drug-likeness (QED) is 0.826. The molecular formula is C14H10ClF2NO2. The smallest absolute Gasteiger partial charge is 0.258 e. The molecule has 2 rings (SSSR count). The van der Waals surface area contributed by atoms with Gasteiger partial charge in [-0.1, -0.05) is 11.6 Å². The molecule has 0 bridgehead atoms. The fourth-order valence-corrected chi connectivity index (χ4v) is 1.85. The van der Waals surface area contributed by atoms with Gasteiger partial charge < -0.3 is 10.4 Å². The molecule has 2 aromatic carbocycles. The normalized spacial score (nSPS) is 10.4. The number of amides is 1. The Labute approximate surface area is 118 Å². The molecule has 3 nitrogen and oxygen atoms in total. The summed E-state index contributed by atoms with van der Waals surface area (Å²) in [6.07, 6.45) is 0. The number of aryl methyl sites for hydroxylation is 1. The zero-order valence-corrected chi connectivity index (χ0v) is 11.1. The molecule has 0 heterocycles. The Balaban J connectivity index is 2.31. The summed E-state index contributed by atoms with van der Waals surface area (Å²) >= 11 is 5.83. The van der Waals surface area contributed by atoms with Crippen LogP contribution in [0.25, 0.3) is 0 Å². The second kappa shape index (κ2) is 5.46. The highest BCUT2D eigenvalue weighted by atomic mass is 35.5. The predicted octanol–water partition coefficient (Wildman–Crippen LogP) is 3.88. The van der Waals surface area contributed by atoms with Gasteiger partial charge in [0, 0.05) is 12.1 Å². The van der Waals surface area contributed by atoms with Crippen molar-refractivity contribution in [2.24, 2.45) is 0 Å². The van der Waals surface area contributed by atoms with E-state index >= 15 is 0 Å². The lowest BCUT2D eigenvalue weighted by Gasteiger charge is -2.09. The van der Waals surface area contributed by atoms with Gasteiger partial charge in [0.15, 0.2) is 0 Å². The first kappa shape index (κ1) is 14.3. The molecule has 0 unspecified atom stereocenters. The number of anilines is 1. The van der Waals surface area contributed by atoms with Gasteiger partial charge in [-0.25, -0.2) is 8.78 Å². The van der Waals surface area contributed by atoms with Crippen molar-refractivity contribution in [1.29, 1.82) is 0 Å².